The van der Waals surface area contributed by atoms with E-state index < -0.39 is 5.95 Å². The van der Waals surface area contributed by atoms with Crippen molar-refractivity contribution in [2.45, 2.75) is 0 Å². The molecule has 0 spiro atoms. The number of halogens is 1. The number of nitrogens with zero attached hydrogens (tertiary/aromatic N) is 4. The van der Waals surface area contributed by atoms with Gasteiger partial charge in [0, 0.05) is 24.8 Å². The van der Waals surface area contributed by atoms with Crippen LogP contribution in [0.25, 0.3) is 17.0 Å². The lowest BCUT2D eigenvalue weighted by Gasteiger charge is -1.95. The summed E-state index contributed by atoms with van der Waals surface area (Å²) in [7, 11) is 0. The molecule has 0 aromatic carbocycles. The first-order valence-electron chi connectivity index (χ1n) is 4.75. The van der Waals surface area contributed by atoms with Crippen LogP contribution in [0.2, 0.25) is 0 Å². The molecule has 0 atom stereocenters. The van der Waals surface area contributed by atoms with Gasteiger partial charge in [0.1, 0.15) is 0 Å². The molecule has 0 saturated heterocycles. The molecule has 3 heterocycles. The predicted molar refractivity (Wildman–Crippen MR) is 56.2 cm³/mol. The molecule has 0 fully saturated rings. The molecule has 0 amide bonds. The highest BCUT2D eigenvalue weighted by molar-refractivity contribution is 5.60. The molecule has 3 rings (SSSR count). The lowest BCUT2D eigenvalue weighted by molar-refractivity contribution is 0.587. The number of hydrogen-bond donors (Lipinski definition) is 0. The van der Waals surface area contributed by atoms with E-state index in [2.05, 4.69) is 15.0 Å². The van der Waals surface area contributed by atoms with E-state index >= 15 is 0 Å². The van der Waals surface area contributed by atoms with E-state index in [1.165, 1.54) is 6.20 Å². The molecule has 0 saturated carbocycles. The summed E-state index contributed by atoms with van der Waals surface area (Å²) in [5.41, 5.74) is 0.914. The minimum absolute atomic E-state index is 0.382. The molecule has 0 aliphatic carbocycles. The van der Waals surface area contributed by atoms with Gasteiger partial charge in [-0.25, -0.2) is 15.0 Å². The highest BCUT2D eigenvalue weighted by atomic mass is 19.1. The average molecular weight is 214 g/mol. The van der Waals surface area contributed by atoms with Crippen molar-refractivity contribution in [3.63, 3.8) is 0 Å². The largest absolute Gasteiger partial charge is 0.291 e. The molecule has 3 aromatic rings. The van der Waals surface area contributed by atoms with Crippen LogP contribution < -0.4 is 0 Å². The topological polar surface area (TPSA) is 43.1 Å². The van der Waals surface area contributed by atoms with Gasteiger partial charge in [0.2, 0.25) is 11.7 Å². The number of pyridine rings is 1. The average Bonchev–Trinajstić information content (AvgIpc) is 2.73. The first kappa shape index (κ1) is 8.96. The third-order valence-corrected chi connectivity index (χ3v) is 2.27. The maximum Gasteiger partial charge on any atom is 0.234 e. The van der Waals surface area contributed by atoms with Gasteiger partial charge in [-0.2, -0.15) is 4.39 Å². The quantitative estimate of drug-likeness (QED) is 0.581. The predicted octanol–water partition coefficient (Wildman–Crippen LogP) is 1.93. The van der Waals surface area contributed by atoms with Crippen LogP contribution >= 0.6 is 0 Å². The van der Waals surface area contributed by atoms with Gasteiger partial charge < -0.3 is 0 Å². The summed E-state index contributed by atoms with van der Waals surface area (Å²) in [6, 6.07) is 5.11. The van der Waals surface area contributed by atoms with Crippen LogP contribution in [0.3, 0.4) is 0 Å². The highest BCUT2D eigenvalue weighted by Gasteiger charge is 2.09. The van der Waals surface area contributed by atoms with Crippen molar-refractivity contribution in [3.05, 3.63) is 48.9 Å². The van der Waals surface area contributed by atoms with E-state index in [4.69, 9.17) is 0 Å². The lowest BCUT2D eigenvalue weighted by atomic mass is 10.2. The number of imidazole rings is 1. The molecule has 0 aliphatic rings. The molecule has 0 unspecified atom stereocenters. The zero-order valence-corrected chi connectivity index (χ0v) is 8.21. The third-order valence-electron chi connectivity index (χ3n) is 2.27. The van der Waals surface area contributed by atoms with E-state index in [0.717, 1.165) is 0 Å². The minimum atomic E-state index is -0.522. The Kier molecular flexibility index (Phi) is 1.89. The fourth-order valence-electron chi connectivity index (χ4n) is 1.54. The monoisotopic (exact) mass is 214 g/mol. The third kappa shape index (κ3) is 1.33. The van der Waals surface area contributed by atoms with Gasteiger partial charge in [-0.05, 0) is 18.2 Å². The van der Waals surface area contributed by atoms with Crippen LogP contribution in [0.1, 0.15) is 0 Å². The van der Waals surface area contributed by atoms with Gasteiger partial charge in [-0.3, -0.25) is 4.40 Å². The second-order valence-corrected chi connectivity index (χ2v) is 3.29. The lowest BCUT2D eigenvalue weighted by Crippen LogP contribution is -1.87. The summed E-state index contributed by atoms with van der Waals surface area (Å²) < 4.78 is 15.2. The Morgan fingerprint density at radius 1 is 1.12 bits per heavy atom. The first-order valence-corrected chi connectivity index (χ1v) is 4.75. The van der Waals surface area contributed by atoms with Crippen molar-refractivity contribution in [2.24, 2.45) is 0 Å². The highest BCUT2D eigenvalue weighted by Crippen LogP contribution is 2.19. The van der Waals surface area contributed by atoms with Crippen LogP contribution in [0.15, 0.2) is 43.0 Å². The first-order chi connectivity index (χ1) is 7.84. The molecule has 0 bridgehead atoms. The molecule has 0 radical (unpaired) electrons. The van der Waals surface area contributed by atoms with Gasteiger partial charge in [0.05, 0.1) is 11.3 Å². The van der Waals surface area contributed by atoms with E-state index in [1.54, 1.807) is 35.0 Å². The Bertz CT molecular complexity index is 614. The maximum atomic E-state index is 13.4. The molecule has 0 N–H and O–H groups in total. The number of aromatic nitrogens is 4. The molecular formula is C11H7FN4. The number of rotatable bonds is 1. The van der Waals surface area contributed by atoms with Gasteiger partial charge in [-0.15, -0.1) is 0 Å². The Balaban J connectivity index is 2.23. The van der Waals surface area contributed by atoms with E-state index in [9.17, 15) is 4.39 Å². The second kappa shape index (κ2) is 3.37. The van der Waals surface area contributed by atoms with Crippen molar-refractivity contribution in [1.29, 1.82) is 0 Å². The molecule has 3 aromatic heterocycles. The van der Waals surface area contributed by atoms with Gasteiger partial charge >= 0.3 is 0 Å². The zero-order chi connectivity index (χ0) is 11.0. The summed E-state index contributed by atoms with van der Waals surface area (Å²) in [5.74, 6) is 0.0201. The van der Waals surface area contributed by atoms with Crippen LogP contribution in [0.4, 0.5) is 4.39 Å². The fourth-order valence-corrected chi connectivity index (χ4v) is 1.54. The Labute approximate surface area is 90.4 Å². The van der Waals surface area contributed by atoms with Crippen LogP contribution in [0, 0.1) is 5.95 Å². The molecule has 16 heavy (non-hydrogen) atoms. The SMILES string of the molecule is Fc1ncccc1-c1cn2cccnc2n1. The van der Waals surface area contributed by atoms with Crippen LogP contribution in [-0.4, -0.2) is 19.4 Å². The molecule has 0 aliphatic heterocycles. The molecule has 5 heteroatoms. The van der Waals surface area contributed by atoms with Crippen molar-refractivity contribution < 1.29 is 4.39 Å². The Morgan fingerprint density at radius 2 is 2.00 bits per heavy atom. The summed E-state index contributed by atoms with van der Waals surface area (Å²) in [6.07, 6.45) is 6.59. The van der Waals surface area contributed by atoms with Crippen molar-refractivity contribution in [2.75, 3.05) is 0 Å². The Morgan fingerprint density at radius 3 is 2.81 bits per heavy atom. The van der Waals surface area contributed by atoms with Gasteiger partial charge in [0.15, 0.2) is 0 Å². The van der Waals surface area contributed by atoms with E-state index in [1.807, 2.05) is 6.20 Å². The zero-order valence-electron chi connectivity index (χ0n) is 8.21. The van der Waals surface area contributed by atoms with E-state index in [0.29, 0.717) is 17.0 Å². The minimum Gasteiger partial charge on any atom is -0.291 e. The summed E-state index contributed by atoms with van der Waals surface area (Å²) in [5, 5.41) is 0. The molecule has 4 nitrogen and oxygen atoms in total. The Hall–Kier alpha value is -2.30. The van der Waals surface area contributed by atoms with Gasteiger partial charge in [0.25, 0.3) is 0 Å². The summed E-state index contributed by atoms with van der Waals surface area (Å²) in [4.78, 5) is 11.9. The molecule has 78 valence electrons. The number of hydrogen-bond acceptors (Lipinski definition) is 3. The fraction of sp³-hybridized carbons (Fsp3) is 0. The standard InChI is InChI=1S/C11H7FN4/c12-10-8(3-1-4-13-10)9-7-16-6-2-5-14-11(16)15-9/h1-7H. The number of fused-ring (bicyclic) bond motifs is 1. The summed E-state index contributed by atoms with van der Waals surface area (Å²) >= 11 is 0. The normalized spacial score (nSPS) is 10.8. The van der Waals surface area contributed by atoms with Gasteiger partial charge in [-0.1, -0.05) is 0 Å². The van der Waals surface area contributed by atoms with Crippen molar-refractivity contribution in [3.8, 4) is 11.3 Å². The van der Waals surface area contributed by atoms with Crippen LogP contribution in [-0.2, 0) is 0 Å². The second-order valence-electron chi connectivity index (χ2n) is 3.29. The van der Waals surface area contributed by atoms with E-state index in [-0.39, 0.29) is 0 Å². The molecular weight excluding hydrogens is 207 g/mol. The smallest absolute Gasteiger partial charge is 0.234 e. The van der Waals surface area contributed by atoms with Crippen LogP contribution in [0.5, 0.6) is 0 Å². The summed E-state index contributed by atoms with van der Waals surface area (Å²) in [6.45, 7) is 0. The van der Waals surface area contributed by atoms with Crippen molar-refractivity contribution >= 4 is 5.78 Å². The van der Waals surface area contributed by atoms with Crippen molar-refractivity contribution in [1.82, 2.24) is 19.4 Å². The maximum absolute atomic E-state index is 13.4.